The van der Waals surface area contributed by atoms with Crippen LogP contribution in [0.15, 0.2) is 149 Å². The third-order valence-electron chi connectivity index (χ3n) is 8.27. The summed E-state index contributed by atoms with van der Waals surface area (Å²) in [4.78, 5) is 7.34. The van der Waals surface area contributed by atoms with E-state index in [1.54, 1.807) is 0 Å². The number of rotatable bonds is 2. The highest BCUT2D eigenvalue weighted by Gasteiger charge is 2.44. The van der Waals surface area contributed by atoms with E-state index in [0.29, 0.717) is 0 Å². The first-order chi connectivity index (χ1) is 20.4. The summed E-state index contributed by atoms with van der Waals surface area (Å²) in [5.74, 6) is 1.74. The molecule has 0 amide bonds. The molecule has 3 aliphatic heterocycles. The van der Waals surface area contributed by atoms with Crippen molar-refractivity contribution in [2.45, 2.75) is 9.79 Å². The van der Waals surface area contributed by atoms with E-state index in [1.807, 2.05) is 11.8 Å². The van der Waals surface area contributed by atoms with Crippen LogP contribution in [0.2, 0.25) is 0 Å². The second kappa shape index (κ2) is 8.82. The molecule has 0 aliphatic carbocycles. The summed E-state index contributed by atoms with van der Waals surface area (Å²) in [6, 6.07) is 49.7. The zero-order valence-corrected chi connectivity index (χ0v) is 22.9. The Morgan fingerprint density at radius 1 is 0.512 bits per heavy atom. The van der Waals surface area contributed by atoms with Gasteiger partial charge in [-0.05, 0) is 65.5 Å². The minimum Gasteiger partial charge on any atom is -0.451 e. The zero-order valence-electron chi connectivity index (χ0n) is 22.1. The number of hydrogen-bond donors (Lipinski definition) is 0. The Bertz CT molecular complexity index is 1980. The van der Waals surface area contributed by atoms with E-state index in [4.69, 9.17) is 4.74 Å². The van der Waals surface area contributed by atoms with E-state index in [1.165, 1.54) is 31.9 Å². The number of benzene rings is 6. The molecule has 3 heterocycles. The molecule has 9 rings (SSSR count). The molecule has 3 nitrogen and oxygen atoms in total. The van der Waals surface area contributed by atoms with Crippen LogP contribution in [0.1, 0.15) is 0 Å². The van der Waals surface area contributed by atoms with Gasteiger partial charge in [0, 0.05) is 26.9 Å². The van der Waals surface area contributed by atoms with Gasteiger partial charge in [0.2, 0.25) is 6.71 Å². The van der Waals surface area contributed by atoms with Crippen LogP contribution in [-0.4, -0.2) is 6.71 Å². The van der Waals surface area contributed by atoms with Gasteiger partial charge in [0.1, 0.15) is 0 Å². The third-order valence-corrected chi connectivity index (χ3v) is 9.42. The van der Waals surface area contributed by atoms with E-state index in [-0.39, 0.29) is 6.71 Å². The molecule has 3 aliphatic rings. The molecule has 6 aromatic carbocycles. The summed E-state index contributed by atoms with van der Waals surface area (Å²) in [6.07, 6.45) is 0. The first-order valence-corrected chi connectivity index (χ1v) is 14.7. The summed E-state index contributed by atoms with van der Waals surface area (Å²) in [6.45, 7) is 0.116. The lowest BCUT2D eigenvalue weighted by Gasteiger charge is -2.43. The van der Waals surface area contributed by atoms with Gasteiger partial charge in [-0.25, -0.2) is 0 Å². The summed E-state index contributed by atoms with van der Waals surface area (Å²) in [5.41, 5.74) is 10.6. The Hall–Kier alpha value is -4.87. The Balaban J connectivity index is 1.42. The first kappa shape index (κ1) is 22.9. The molecule has 0 N–H and O–H groups in total. The SMILES string of the molecule is c1ccc(N2c3ccccc3Oc3c2cc2c4c3N(c3ccccc3)c3ccccc3B4c3ccccc3S2)cc1. The largest absolute Gasteiger partial charge is 0.451 e. The third kappa shape index (κ3) is 3.30. The predicted octanol–water partition coefficient (Wildman–Crippen LogP) is 8.03. The average molecular weight is 542 g/mol. The first-order valence-electron chi connectivity index (χ1n) is 13.9. The van der Waals surface area contributed by atoms with Crippen LogP contribution < -0.4 is 30.9 Å². The molecular weight excluding hydrogens is 519 g/mol. The highest BCUT2D eigenvalue weighted by atomic mass is 32.2. The van der Waals surface area contributed by atoms with Crippen molar-refractivity contribution >= 4 is 69.0 Å². The molecule has 0 saturated carbocycles. The molecule has 192 valence electrons. The van der Waals surface area contributed by atoms with Crippen molar-refractivity contribution in [2.24, 2.45) is 0 Å². The summed E-state index contributed by atoms with van der Waals surface area (Å²) < 4.78 is 6.96. The van der Waals surface area contributed by atoms with E-state index in [2.05, 4.69) is 149 Å². The van der Waals surface area contributed by atoms with E-state index >= 15 is 0 Å². The molecule has 0 radical (unpaired) electrons. The maximum atomic E-state index is 6.96. The zero-order chi connectivity index (χ0) is 26.9. The number of nitrogens with zero attached hydrogens (tertiary/aromatic N) is 2. The summed E-state index contributed by atoms with van der Waals surface area (Å²) >= 11 is 1.86. The molecule has 0 aromatic heterocycles. The Morgan fingerprint density at radius 3 is 1.90 bits per heavy atom. The van der Waals surface area contributed by atoms with Gasteiger partial charge >= 0.3 is 0 Å². The maximum Gasteiger partial charge on any atom is 0.249 e. The van der Waals surface area contributed by atoms with Gasteiger partial charge in [0.15, 0.2) is 11.5 Å². The maximum absolute atomic E-state index is 6.96. The van der Waals surface area contributed by atoms with E-state index in [9.17, 15) is 0 Å². The molecule has 0 atom stereocenters. The fourth-order valence-corrected chi connectivity index (χ4v) is 7.80. The van der Waals surface area contributed by atoms with E-state index in [0.717, 1.165) is 39.9 Å². The number of ether oxygens (including phenoxy) is 1. The molecule has 6 aromatic rings. The van der Waals surface area contributed by atoms with Crippen molar-refractivity contribution < 1.29 is 4.74 Å². The van der Waals surface area contributed by atoms with Gasteiger partial charge in [-0.15, -0.1) is 0 Å². The minimum absolute atomic E-state index is 0.116. The summed E-state index contributed by atoms with van der Waals surface area (Å²) in [7, 11) is 0. The predicted molar refractivity (Wildman–Crippen MR) is 171 cm³/mol. The smallest absolute Gasteiger partial charge is 0.249 e. The Kier molecular flexibility index (Phi) is 4.93. The molecule has 0 saturated heterocycles. The standard InChI is InChI=1S/C36H23BN2OS/c1-3-13-24(14-4-1)38-29-20-10-11-21-31(29)40-36-30(38)23-33-34-35(36)39(25-15-5-2-6-16-25)28-19-9-7-17-26(28)37(34)27-18-8-12-22-32(27)41-33/h1-23H. The topological polar surface area (TPSA) is 15.7 Å². The lowest BCUT2D eigenvalue weighted by Crippen LogP contribution is -2.60. The fourth-order valence-electron chi connectivity index (χ4n) is 6.61. The van der Waals surface area contributed by atoms with Crippen molar-refractivity contribution in [2.75, 3.05) is 9.80 Å². The van der Waals surface area contributed by atoms with Gasteiger partial charge in [0.25, 0.3) is 0 Å². The minimum atomic E-state index is 0.116. The van der Waals surface area contributed by atoms with Crippen LogP contribution in [0.4, 0.5) is 34.1 Å². The van der Waals surface area contributed by atoms with Crippen LogP contribution >= 0.6 is 11.8 Å². The van der Waals surface area contributed by atoms with Crippen molar-refractivity contribution in [3.05, 3.63) is 140 Å². The molecule has 0 spiro atoms. The monoisotopic (exact) mass is 542 g/mol. The lowest BCUT2D eigenvalue weighted by molar-refractivity contribution is 0.478. The van der Waals surface area contributed by atoms with Crippen LogP contribution in [0.3, 0.4) is 0 Å². The quantitative estimate of drug-likeness (QED) is 0.206. The Morgan fingerprint density at radius 2 is 1.12 bits per heavy atom. The normalized spacial score (nSPS) is 13.8. The average Bonchev–Trinajstić information content (AvgIpc) is 3.04. The molecule has 0 fully saturated rings. The highest BCUT2D eigenvalue weighted by molar-refractivity contribution is 8.00. The molecular formula is C36H23BN2OS. The van der Waals surface area contributed by atoms with Crippen LogP contribution in [0, 0.1) is 0 Å². The molecule has 41 heavy (non-hydrogen) atoms. The Labute approximate surface area is 243 Å². The van der Waals surface area contributed by atoms with Crippen molar-refractivity contribution in [3.8, 4) is 11.5 Å². The van der Waals surface area contributed by atoms with Crippen LogP contribution in [-0.2, 0) is 0 Å². The van der Waals surface area contributed by atoms with E-state index < -0.39 is 0 Å². The summed E-state index contributed by atoms with van der Waals surface area (Å²) in [5, 5.41) is 0. The fraction of sp³-hybridized carbons (Fsp3) is 0. The number of anilines is 6. The van der Waals surface area contributed by atoms with Gasteiger partial charge in [-0.3, -0.25) is 0 Å². The van der Waals surface area contributed by atoms with Gasteiger partial charge in [-0.2, -0.15) is 0 Å². The van der Waals surface area contributed by atoms with Crippen LogP contribution in [0.5, 0.6) is 11.5 Å². The second-order valence-electron chi connectivity index (χ2n) is 10.5. The molecule has 0 bridgehead atoms. The van der Waals surface area contributed by atoms with Crippen molar-refractivity contribution in [1.82, 2.24) is 0 Å². The van der Waals surface area contributed by atoms with Gasteiger partial charge < -0.3 is 14.5 Å². The second-order valence-corrected chi connectivity index (χ2v) is 11.6. The number of fused-ring (bicyclic) bond motifs is 7. The lowest BCUT2D eigenvalue weighted by atomic mass is 9.35. The number of para-hydroxylation sites is 5. The molecule has 5 heteroatoms. The van der Waals surface area contributed by atoms with Crippen molar-refractivity contribution in [1.29, 1.82) is 0 Å². The van der Waals surface area contributed by atoms with Gasteiger partial charge in [0.05, 0.1) is 17.1 Å². The van der Waals surface area contributed by atoms with Crippen LogP contribution in [0.25, 0.3) is 0 Å². The molecule has 0 unspecified atom stereocenters. The number of hydrogen-bond acceptors (Lipinski definition) is 4. The van der Waals surface area contributed by atoms with Crippen molar-refractivity contribution in [3.63, 3.8) is 0 Å². The highest BCUT2D eigenvalue weighted by Crippen LogP contribution is 2.57. The van der Waals surface area contributed by atoms with Gasteiger partial charge in [-0.1, -0.05) is 102 Å².